The van der Waals surface area contributed by atoms with Crippen LogP contribution in [-0.4, -0.2) is 12.1 Å². The summed E-state index contributed by atoms with van der Waals surface area (Å²) < 4.78 is 0. The molecular formula is C8H11NO. The number of nitrogens with zero attached hydrogens (tertiary/aromatic N) is 1. The van der Waals surface area contributed by atoms with E-state index in [9.17, 15) is 4.79 Å². The Balaban J connectivity index is 2.55. The summed E-state index contributed by atoms with van der Waals surface area (Å²) in [6, 6.07) is 0.183. The smallest absolute Gasteiger partial charge is 0.211 e. The zero-order valence-corrected chi connectivity index (χ0v) is 6.08. The van der Waals surface area contributed by atoms with Gasteiger partial charge in [0, 0.05) is 5.92 Å². The fourth-order valence-corrected chi connectivity index (χ4v) is 1.32. The zero-order chi connectivity index (χ0) is 7.40. The van der Waals surface area contributed by atoms with Gasteiger partial charge in [-0.2, -0.15) is 0 Å². The monoisotopic (exact) mass is 137 g/mol. The van der Waals surface area contributed by atoms with Crippen LogP contribution in [0.1, 0.15) is 19.8 Å². The zero-order valence-electron chi connectivity index (χ0n) is 6.08. The standard InChI is InChI=1S/C8H11NO/c1-2-7-4-3-5-8(7)9-6-10/h3-4,7-8H,2,5H2,1H3. The molecule has 0 amide bonds. The van der Waals surface area contributed by atoms with E-state index >= 15 is 0 Å². The highest BCUT2D eigenvalue weighted by molar-refractivity contribution is 5.34. The number of hydrogen-bond donors (Lipinski definition) is 0. The fourth-order valence-electron chi connectivity index (χ4n) is 1.32. The van der Waals surface area contributed by atoms with Gasteiger partial charge in [0.05, 0.1) is 6.04 Å². The molecule has 0 saturated carbocycles. The molecule has 10 heavy (non-hydrogen) atoms. The summed E-state index contributed by atoms with van der Waals surface area (Å²) in [5.41, 5.74) is 0. The molecule has 0 N–H and O–H groups in total. The first kappa shape index (κ1) is 7.23. The molecule has 2 heteroatoms. The molecule has 1 aliphatic carbocycles. The minimum absolute atomic E-state index is 0.183. The van der Waals surface area contributed by atoms with E-state index in [-0.39, 0.29) is 6.04 Å². The quantitative estimate of drug-likeness (QED) is 0.323. The first-order chi connectivity index (χ1) is 4.88. The van der Waals surface area contributed by atoms with Crippen LogP contribution in [0.25, 0.3) is 0 Å². The van der Waals surface area contributed by atoms with Crippen LogP contribution >= 0.6 is 0 Å². The van der Waals surface area contributed by atoms with Gasteiger partial charge in [0.15, 0.2) is 0 Å². The normalized spacial score (nSPS) is 30.1. The van der Waals surface area contributed by atoms with Crippen LogP contribution < -0.4 is 0 Å². The number of aliphatic imine (C=N–C) groups is 1. The van der Waals surface area contributed by atoms with Crippen molar-refractivity contribution in [3.8, 4) is 0 Å². The van der Waals surface area contributed by atoms with E-state index < -0.39 is 0 Å². The lowest BCUT2D eigenvalue weighted by Gasteiger charge is -2.09. The Morgan fingerprint density at radius 1 is 1.80 bits per heavy atom. The van der Waals surface area contributed by atoms with Crippen molar-refractivity contribution < 1.29 is 4.79 Å². The minimum atomic E-state index is 0.183. The van der Waals surface area contributed by atoms with Gasteiger partial charge >= 0.3 is 0 Å². The summed E-state index contributed by atoms with van der Waals surface area (Å²) in [6.07, 6.45) is 7.79. The molecule has 0 aromatic heterocycles. The predicted octanol–water partition coefficient (Wildman–Crippen LogP) is 1.68. The summed E-state index contributed by atoms with van der Waals surface area (Å²) in [6.45, 7) is 2.10. The van der Waals surface area contributed by atoms with Crippen molar-refractivity contribution in [1.29, 1.82) is 0 Å². The van der Waals surface area contributed by atoms with E-state index in [0.717, 1.165) is 12.8 Å². The van der Waals surface area contributed by atoms with Crippen molar-refractivity contribution in [3.05, 3.63) is 12.2 Å². The second kappa shape index (κ2) is 3.33. The van der Waals surface area contributed by atoms with E-state index in [4.69, 9.17) is 0 Å². The number of isocyanates is 1. The van der Waals surface area contributed by atoms with Gasteiger partial charge in [0.25, 0.3) is 0 Å². The van der Waals surface area contributed by atoms with Crippen molar-refractivity contribution >= 4 is 6.08 Å². The summed E-state index contributed by atoms with van der Waals surface area (Å²) >= 11 is 0. The first-order valence-corrected chi connectivity index (χ1v) is 3.62. The molecule has 2 atom stereocenters. The van der Waals surface area contributed by atoms with Gasteiger partial charge in [-0.15, -0.1) is 0 Å². The third-order valence-corrected chi connectivity index (χ3v) is 1.95. The maximum absolute atomic E-state index is 9.90. The largest absolute Gasteiger partial charge is 0.235 e. The van der Waals surface area contributed by atoms with E-state index in [1.54, 1.807) is 6.08 Å². The molecule has 1 rings (SSSR count). The Morgan fingerprint density at radius 2 is 2.60 bits per heavy atom. The van der Waals surface area contributed by atoms with Crippen LogP contribution in [0.15, 0.2) is 17.1 Å². The van der Waals surface area contributed by atoms with Gasteiger partial charge in [-0.3, -0.25) is 0 Å². The van der Waals surface area contributed by atoms with Gasteiger partial charge in [0.1, 0.15) is 0 Å². The maximum atomic E-state index is 9.90. The van der Waals surface area contributed by atoms with Gasteiger partial charge in [0.2, 0.25) is 6.08 Å². The van der Waals surface area contributed by atoms with Crippen LogP contribution in [0.5, 0.6) is 0 Å². The predicted molar refractivity (Wildman–Crippen MR) is 39.4 cm³/mol. The van der Waals surface area contributed by atoms with Gasteiger partial charge in [-0.25, -0.2) is 9.79 Å². The third-order valence-electron chi connectivity index (χ3n) is 1.95. The minimum Gasteiger partial charge on any atom is -0.211 e. The van der Waals surface area contributed by atoms with Crippen molar-refractivity contribution in [2.24, 2.45) is 10.9 Å². The van der Waals surface area contributed by atoms with Crippen molar-refractivity contribution in [3.63, 3.8) is 0 Å². The highest BCUT2D eigenvalue weighted by Crippen LogP contribution is 2.23. The Kier molecular flexibility index (Phi) is 2.41. The molecule has 2 unspecified atom stereocenters. The molecule has 0 radical (unpaired) electrons. The van der Waals surface area contributed by atoms with Gasteiger partial charge in [-0.1, -0.05) is 19.1 Å². The summed E-state index contributed by atoms with van der Waals surface area (Å²) in [7, 11) is 0. The SMILES string of the molecule is CCC1C=CCC1N=C=O. The molecule has 0 bridgehead atoms. The Hall–Kier alpha value is -0.880. The second-order valence-corrected chi connectivity index (χ2v) is 2.52. The highest BCUT2D eigenvalue weighted by atomic mass is 16.1. The number of carbonyl (C=O) groups excluding carboxylic acids is 1. The van der Waals surface area contributed by atoms with Crippen LogP contribution in [-0.2, 0) is 4.79 Å². The van der Waals surface area contributed by atoms with E-state index in [1.807, 2.05) is 0 Å². The van der Waals surface area contributed by atoms with Crippen LogP contribution in [0, 0.1) is 5.92 Å². The molecule has 54 valence electrons. The number of hydrogen-bond acceptors (Lipinski definition) is 2. The molecule has 0 saturated heterocycles. The van der Waals surface area contributed by atoms with Crippen LogP contribution in [0.2, 0.25) is 0 Å². The first-order valence-electron chi connectivity index (χ1n) is 3.62. The topological polar surface area (TPSA) is 29.4 Å². The lowest BCUT2D eigenvalue weighted by Crippen LogP contribution is -2.09. The molecule has 0 heterocycles. The fraction of sp³-hybridized carbons (Fsp3) is 0.625. The van der Waals surface area contributed by atoms with Gasteiger partial charge < -0.3 is 0 Å². The van der Waals surface area contributed by atoms with Crippen molar-refractivity contribution in [2.75, 3.05) is 0 Å². The maximum Gasteiger partial charge on any atom is 0.235 e. The van der Waals surface area contributed by atoms with Crippen molar-refractivity contribution in [2.45, 2.75) is 25.8 Å². The average molecular weight is 137 g/mol. The molecule has 0 aliphatic heterocycles. The van der Waals surface area contributed by atoms with Crippen LogP contribution in [0.3, 0.4) is 0 Å². The van der Waals surface area contributed by atoms with E-state index in [1.165, 1.54) is 0 Å². The molecule has 1 aliphatic rings. The average Bonchev–Trinajstić information content (AvgIpc) is 2.36. The molecular weight excluding hydrogens is 126 g/mol. The van der Waals surface area contributed by atoms with Crippen LogP contribution in [0.4, 0.5) is 0 Å². The van der Waals surface area contributed by atoms with E-state index in [2.05, 4.69) is 24.1 Å². The Morgan fingerprint density at radius 3 is 3.20 bits per heavy atom. The summed E-state index contributed by atoms with van der Waals surface area (Å²) in [5, 5.41) is 0. The second-order valence-electron chi connectivity index (χ2n) is 2.52. The van der Waals surface area contributed by atoms with E-state index in [0.29, 0.717) is 5.92 Å². The Bertz CT molecular complexity index is 180. The lowest BCUT2D eigenvalue weighted by molar-refractivity contribution is 0.508. The molecule has 0 fully saturated rings. The Labute approximate surface area is 60.7 Å². The van der Waals surface area contributed by atoms with Gasteiger partial charge in [-0.05, 0) is 12.8 Å². The lowest BCUT2D eigenvalue weighted by atomic mass is 10.0. The molecule has 0 aromatic rings. The van der Waals surface area contributed by atoms with Crippen molar-refractivity contribution in [1.82, 2.24) is 0 Å². The molecule has 2 nitrogen and oxygen atoms in total. The third kappa shape index (κ3) is 1.34. The molecule has 0 aromatic carbocycles. The summed E-state index contributed by atoms with van der Waals surface area (Å²) in [4.78, 5) is 13.6. The number of rotatable bonds is 2. The highest BCUT2D eigenvalue weighted by Gasteiger charge is 2.19. The summed E-state index contributed by atoms with van der Waals surface area (Å²) in [5.74, 6) is 0.474. The molecule has 0 spiro atoms.